The van der Waals surface area contributed by atoms with Gasteiger partial charge in [0.15, 0.2) is 0 Å². The number of nitrogens with one attached hydrogen (secondary N) is 1. The molecule has 2 rings (SSSR count). The van der Waals surface area contributed by atoms with Crippen molar-refractivity contribution < 1.29 is 9.59 Å². The minimum Gasteiger partial charge on any atom is -0.376 e. The molecular formula is C17H25N3O2. The molecule has 5 nitrogen and oxygen atoms in total. The molecule has 1 aromatic carbocycles. The van der Waals surface area contributed by atoms with E-state index in [1.54, 1.807) is 18.2 Å². The van der Waals surface area contributed by atoms with E-state index in [1.165, 1.54) is 19.3 Å². The summed E-state index contributed by atoms with van der Waals surface area (Å²) < 4.78 is 0. The largest absolute Gasteiger partial charge is 0.376 e. The molecule has 0 heterocycles. The summed E-state index contributed by atoms with van der Waals surface area (Å²) in [5.74, 6) is -0.413. The number of carbonyl (C=O) groups is 2. The van der Waals surface area contributed by atoms with Crippen molar-refractivity contribution in [3.63, 3.8) is 0 Å². The van der Waals surface area contributed by atoms with Crippen molar-refractivity contribution in [2.75, 3.05) is 18.4 Å². The van der Waals surface area contributed by atoms with Crippen molar-refractivity contribution >= 4 is 17.5 Å². The van der Waals surface area contributed by atoms with Gasteiger partial charge in [-0.1, -0.05) is 31.4 Å². The Morgan fingerprint density at radius 1 is 1.23 bits per heavy atom. The Hall–Kier alpha value is -2.04. The summed E-state index contributed by atoms with van der Waals surface area (Å²) in [6.07, 6.45) is 5.86. The molecule has 1 saturated carbocycles. The highest BCUT2D eigenvalue weighted by atomic mass is 16.2. The Kier molecular flexibility index (Phi) is 5.81. The van der Waals surface area contributed by atoms with Gasteiger partial charge in [-0.05, 0) is 31.9 Å². The van der Waals surface area contributed by atoms with E-state index in [0.29, 0.717) is 17.3 Å². The molecule has 0 aromatic heterocycles. The lowest BCUT2D eigenvalue weighted by Gasteiger charge is -2.33. The molecule has 5 heteroatoms. The van der Waals surface area contributed by atoms with Crippen molar-refractivity contribution in [3.8, 4) is 0 Å². The third-order valence-corrected chi connectivity index (χ3v) is 4.30. The van der Waals surface area contributed by atoms with E-state index in [1.807, 2.05) is 17.9 Å². The van der Waals surface area contributed by atoms with Crippen LogP contribution in [0.2, 0.25) is 0 Å². The van der Waals surface area contributed by atoms with Crippen LogP contribution in [0.25, 0.3) is 0 Å². The maximum absolute atomic E-state index is 12.5. The smallest absolute Gasteiger partial charge is 0.250 e. The molecule has 0 aliphatic heterocycles. The number of amides is 2. The predicted octanol–water partition coefficient (Wildman–Crippen LogP) is 2.38. The standard InChI is InChI=1S/C17H25N3O2/c1-2-20(13-8-4-3-5-9-13)16(21)12-19-15-11-7-6-10-14(15)17(18)22/h6-7,10-11,13,19H,2-5,8-9,12H2,1H3,(H2,18,22). The lowest BCUT2D eigenvalue weighted by Crippen LogP contribution is -2.44. The molecule has 0 bridgehead atoms. The van der Waals surface area contributed by atoms with Gasteiger partial charge in [0.1, 0.15) is 0 Å². The molecule has 1 fully saturated rings. The third-order valence-electron chi connectivity index (χ3n) is 4.30. The summed E-state index contributed by atoms with van der Waals surface area (Å²) in [4.78, 5) is 25.8. The van der Waals surface area contributed by atoms with Crippen LogP contribution in [0.1, 0.15) is 49.4 Å². The van der Waals surface area contributed by atoms with E-state index in [4.69, 9.17) is 5.73 Å². The molecule has 0 spiro atoms. The fourth-order valence-corrected chi connectivity index (χ4v) is 3.16. The quantitative estimate of drug-likeness (QED) is 0.847. The van der Waals surface area contributed by atoms with E-state index in [-0.39, 0.29) is 12.5 Å². The first-order valence-corrected chi connectivity index (χ1v) is 8.05. The molecule has 3 N–H and O–H groups in total. The Balaban J connectivity index is 1.98. The number of likely N-dealkylation sites (N-methyl/N-ethyl adjacent to an activating group) is 1. The topological polar surface area (TPSA) is 75.4 Å². The highest BCUT2D eigenvalue weighted by molar-refractivity contribution is 5.99. The number of primary amides is 1. The number of hydrogen-bond acceptors (Lipinski definition) is 3. The summed E-state index contributed by atoms with van der Waals surface area (Å²) in [5, 5.41) is 3.06. The van der Waals surface area contributed by atoms with Gasteiger partial charge in [-0.25, -0.2) is 0 Å². The van der Waals surface area contributed by atoms with Gasteiger partial charge in [0.05, 0.1) is 12.1 Å². The fourth-order valence-electron chi connectivity index (χ4n) is 3.16. The average Bonchev–Trinajstić information content (AvgIpc) is 2.55. The molecule has 120 valence electrons. The van der Waals surface area contributed by atoms with Crippen LogP contribution in [-0.4, -0.2) is 35.8 Å². The van der Waals surface area contributed by atoms with Crippen molar-refractivity contribution in [1.29, 1.82) is 0 Å². The summed E-state index contributed by atoms with van der Waals surface area (Å²) in [5.41, 5.74) is 6.38. The van der Waals surface area contributed by atoms with Gasteiger partial charge in [-0.2, -0.15) is 0 Å². The first-order chi connectivity index (χ1) is 10.6. The molecule has 1 aromatic rings. The number of nitrogens with zero attached hydrogens (tertiary/aromatic N) is 1. The van der Waals surface area contributed by atoms with Crippen LogP contribution in [0.5, 0.6) is 0 Å². The zero-order valence-corrected chi connectivity index (χ0v) is 13.2. The molecule has 22 heavy (non-hydrogen) atoms. The number of nitrogens with two attached hydrogens (primary N) is 1. The number of anilines is 1. The Morgan fingerprint density at radius 3 is 2.55 bits per heavy atom. The Morgan fingerprint density at radius 2 is 1.91 bits per heavy atom. The normalized spacial score (nSPS) is 15.3. The third kappa shape index (κ3) is 4.00. The SMILES string of the molecule is CCN(C(=O)CNc1ccccc1C(N)=O)C1CCCCC1. The molecule has 2 amide bonds. The van der Waals surface area contributed by atoms with Crippen LogP contribution in [0.4, 0.5) is 5.69 Å². The van der Waals surface area contributed by atoms with E-state index < -0.39 is 5.91 Å². The molecule has 1 aliphatic rings. The number of benzene rings is 1. The summed E-state index contributed by atoms with van der Waals surface area (Å²) in [6, 6.07) is 7.36. The minimum absolute atomic E-state index is 0.0775. The van der Waals surface area contributed by atoms with E-state index in [9.17, 15) is 9.59 Å². The maximum atomic E-state index is 12.5. The summed E-state index contributed by atoms with van der Waals surface area (Å²) in [7, 11) is 0. The van der Waals surface area contributed by atoms with Crippen LogP contribution in [-0.2, 0) is 4.79 Å². The van der Waals surface area contributed by atoms with Gasteiger partial charge >= 0.3 is 0 Å². The van der Waals surface area contributed by atoms with Crippen LogP contribution < -0.4 is 11.1 Å². The second kappa shape index (κ2) is 7.82. The van der Waals surface area contributed by atoms with E-state index >= 15 is 0 Å². The fraction of sp³-hybridized carbons (Fsp3) is 0.529. The van der Waals surface area contributed by atoms with Crippen LogP contribution in [0.15, 0.2) is 24.3 Å². The molecule has 0 unspecified atom stereocenters. The number of carbonyl (C=O) groups excluding carboxylic acids is 2. The summed E-state index contributed by atoms with van der Waals surface area (Å²) >= 11 is 0. The molecule has 0 atom stereocenters. The van der Waals surface area contributed by atoms with Crippen molar-refractivity contribution in [2.45, 2.75) is 45.1 Å². The van der Waals surface area contributed by atoms with Gasteiger partial charge in [-0.3, -0.25) is 9.59 Å². The zero-order valence-electron chi connectivity index (χ0n) is 13.2. The van der Waals surface area contributed by atoms with Gasteiger partial charge in [0, 0.05) is 18.3 Å². The summed E-state index contributed by atoms with van der Waals surface area (Å²) in [6.45, 7) is 2.93. The molecule has 1 aliphatic carbocycles. The Labute approximate surface area is 131 Å². The van der Waals surface area contributed by atoms with Crippen LogP contribution in [0.3, 0.4) is 0 Å². The Bertz CT molecular complexity index is 524. The molecular weight excluding hydrogens is 278 g/mol. The first kappa shape index (κ1) is 16.3. The van der Waals surface area contributed by atoms with Crippen LogP contribution >= 0.6 is 0 Å². The van der Waals surface area contributed by atoms with Gasteiger partial charge in [0.2, 0.25) is 5.91 Å². The monoisotopic (exact) mass is 303 g/mol. The predicted molar refractivity (Wildman–Crippen MR) is 87.7 cm³/mol. The second-order valence-corrected chi connectivity index (χ2v) is 5.73. The number of para-hydroxylation sites is 1. The van der Waals surface area contributed by atoms with Gasteiger partial charge < -0.3 is 16.0 Å². The van der Waals surface area contributed by atoms with Crippen molar-refractivity contribution in [3.05, 3.63) is 29.8 Å². The van der Waals surface area contributed by atoms with Gasteiger partial charge in [0.25, 0.3) is 5.91 Å². The lowest BCUT2D eigenvalue weighted by molar-refractivity contribution is -0.132. The van der Waals surface area contributed by atoms with E-state index in [2.05, 4.69) is 5.32 Å². The number of hydrogen-bond donors (Lipinski definition) is 2. The van der Waals surface area contributed by atoms with Crippen LogP contribution in [0, 0.1) is 0 Å². The second-order valence-electron chi connectivity index (χ2n) is 5.73. The minimum atomic E-state index is -0.491. The van der Waals surface area contributed by atoms with Gasteiger partial charge in [-0.15, -0.1) is 0 Å². The zero-order chi connectivity index (χ0) is 15.9. The average molecular weight is 303 g/mol. The number of rotatable bonds is 6. The van der Waals surface area contributed by atoms with E-state index in [0.717, 1.165) is 19.4 Å². The highest BCUT2D eigenvalue weighted by Crippen LogP contribution is 2.22. The molecule has 0 saturated heterocycles. The van der Waals surface area contributed by atoms with Crippen molar-refractivity contribution in [2.24, 2.45) is 5.73 Å². The van der Waals surface area contributed by atoms with Crippen molar-refractivity contribution in [1.82, 2.24) is 4.90 Å². The maximum Gasteiger partial charge on any atom is 0.250 e. The highest BCUT2D eigenvalue weighted by Gasteiger charge is 2.23. The molecule has 0 radical (unpaired) electrons. The lowest BCUT2D eigenvalue weighted by atomic mass is 9.94. The first-order valence-electron chi connectivity index (χ1n) is 8.05.